The maximum Gasteiger partial charge on any atom is 0.337 e. The Hall–Kier alpha value is -3.11. The Balaban J connectivity index is 0.00000182. The highest BCUT2D eigenvalue weighted by atomic mass is 35.5. The largest absolute Gasteiger partial charge is 0.478 e. The number of carboxylic acid groups (broad SMARTS) is 1. The highest BCUT2D eigenvalue weighted by Gasteiger charge is 2.13. The van der Waals surface area contributed by atoms with Gasteiger partial charge in [0, 0.05) is 10.8 Å². The molecule has 3 aromatic carbocycles. The molecule has 0 amide bonds. The zero-order valence-electron chi connectivity index (χ0n) is 13.1. The Kier molecular flexibility index (Phi) is 4.55. The van der Waals surface area contributed by atoms with Crippen LogP contribution in [0, 0.1) is 0 Å². The summed E-state index contributed by atoms with van der Waals surface area (Å²) in [5, 5.41) is 14.6. The van der Waals surface area contributed by atoms with E-state index < -0.39 is 5.97 Å². The molecule has 4 nitrogen and oxygen atoms in total. The van der Waals surface area contributed by atoms with Gasteiger partial charge in [-0.25, -0.2) is 9.78 Å². The molecule has 124 valence electrons. The number of halogens is 1. The molecule has 0 aliphatic rings. The van der Waals surface area contributed by atoms with Gasteiger partial charge in [0.25, 0.3) is 0 Å². The summed E-state index contributed by atoms with van der Waals surface area (Å²) < 4.78 is 0. The van der Waals surface area contributed by atoms with Crippen molar-refractivity contribution in [1.82, 2.24) is 4.98 Å². The molecule has 0 fully saturated rings. The summed E-state index contributed by atoms with van der Waals surface area (Å²) in [6.45, 7) is 0. The molecular weight excluding hydrogens is 336 g/mol. The Morgan fingerprint density at radius 3 is 1.92 bits per heavy atom. The van der Waals surface area contributed by atoms with Gasteiger partial charge in [0.15, 0.2) is 0 Å². The van der Waals surface area contributed by atoms with Crippen LogP contribution >= 0.6 is 12.4 Å². The fourth-order valence-corrected chi connectivity index (χ4v) is 2.89. The minimum absolute atomic E-state index is 0. The van der Waals surface area contributed by atoms with E-state index >= 15 is 0 Å². The highest BCUT2D eigenvalue weighted by Crippen LogP contribution is 2.33. The van der Waals surface area contributed by atoms with Crippen molar-refractivity contribution < 1.29 is 9.90 Å². The number of hydrogen-bond acceptors (Lipinski definition) is 3. The number of hydrogen-bond donors (Lipinski definition) is 2. The van der Waals surface area contributed by atoms with Gasteiger partial charge >= 0.3 is 5.97 Å². The van der Waals surface area contributed by atoms with E-state index in [1.54, 1.807) is 18.2 Å². The monoisotopic (exact) mass is 350 g/mol. The molecule has 0 bridgehead atoms. The van der Waals surface area contributed by atoms with Crippen LogP contribution in [0.25, 0.3) is 21.8 Å². The lowest BCUT2D eigenvalue weighted by Gasteiger charge is -2.14. The van der Waals surface area contributed by atoms with Crippen molar-refractivity contribution in [3.63, 3.8) is 0 Å². The first kappa shape index (κ1) is 16.7. The SMILES string of the molecule is Cl.O=C(O)c1ccccc1Nc1c2ccccc2nc2ccccc12. The van der Waals surface area contributed by atoms with Gasteiger partial charge in [-0.1, -0.05) is 48.5 Å². The smallest absolute Gasteiger partial charge is 0.337 e. The van der Waals surface area contributed by atoms with E-state index in [9.17, 15) is 9.90 Å². The zero-order valence-corrected chi connectivity index (χ0v) is 14.0. The summed E-state index contributed by atoms with van der Waals surface area (Å²) in [6, 6.07) is 22.6. The van der Waals surface area contributed by atoms with Gasteiger partial charge in [-0.05, 0) is 24.3 Å². The van der Waals surface area contributed by atoms with Gasteiger partial charge in [0.05, 0.1) is 28.0 Å². The van der Waals surface area contributed by atoms with Crippen LogP contribution in [0.1, 0.15) is 10.4 Å². The van der Waals surface area contributed by atoms with Crippen molar-refractivity contribution in [3.05, 3.63) is 78.4 Å². The Morgan fingerprint density at radius 2 is 1.32 bits per heavy atom. The molecule has 0 spiro atoms. The summed E-state index contributed by atoms with van der Waals surface area (Å²) in [4.78, 5) is 16.2. The lowest BCUT2D eigenvalue weighted by Crippen LogP contribution is -2.03. The maximum absolute atomic E-state index is 11.5. The number of para-hydroxylation sites is 3. The van der Waals surface area contributed by atoms with Crippen LogP contribution in [0.15, 0.2) is 72.8 Å². The Morgan fingerprint density at radius 1 is 0.800 bits per heavy atom. The number of carbonyl (C=O) groups is 1. The number of benzene rings is 3. The molecular formula is C20H15ClN2O2. The first-order valence-electron chi connectivity index (χ1n) is 7.61. The molecule has 25 heavy (non-hydrogen) atoms. The molecule has 0 atom stereocenters. The molecule has 4 aromatic rings. The van der Waals surface area contributed by atoms with Crippen LogP contribution in [0.2, 0.25) is 0 Å². The van der Waals surface area contributed by atoms with Crippen molar-refractivity contribution in [2.45, 2.75) is 0 Å². The second-order valence-corrected chi connectivity index (χ2v) is 5.50. The average Bonchev–Trinajstić information content (AvgIpc) is 2.62. The van der Waals surface area contributed by atoms with Gasteiger partial charge in [0.2, 0.25) is 0 Å². The number of anilines is 2. The molecule has 0 aliphatic carbocycles. The van der Waals surface area contributed by atoms with Crippen molar-refractivity contribution in [3.8, 4) is 0 Å². The molecule has 0 radical (unpaired) electrons. The van der Waals surface area contributed by atoms with E-state index in [-0.39, 0.29) is 18.0 Å². The van der Waals surface area contributed by atoms with Crippen molar-refractivity contribution in [2.75, 3.05) is 5.32 Å². The third-order valence-corrected chi connectivity index (χ3v) is 4.00. The van der Waals surface area contributed by atoms with Crippen LogP contribution in [-0.2, 0) is 0 Å². The quantitative estimate of drug-likeness (QED) is 0.495. The molecule has 4 rings (SSSR count). The van der Waals surface area contributed by atoms with Gasteiger partial charge in [-0.15, -0.1) is 12.4 Å². The third-order valence-electron chi connectivity index (χ3n) is 4.00. The van der Waals surface area contributed by atoms with E-state index in [2.05, 4.69) is 10.3 Å². The maximum atomic E-state index is 11.5. The summed E-state index contributed by atoms with van der Waals surface area (Å²) in [5.74, 6) is -0.958. The van der Waals surface area contributed by atoms with E-state index in [4.69, 9.17) is 0 Å². The number of fused-ring (bicyclic) bond motifs is 2. The topological polar surface area (TPSA) is 62.2 Å². The van der Waals surface area contributed by atoms with E-state index in [0.717, 1.165) is 27.5 Å². The number of rotatable bonds is 3. The van der Waals surface area contributed by atoms with Crippen molar-refractivity contribution in [2.24, 2.45) is 0 Å². The minimum Gasteiger partial charge on any atom is -0.478 e. The minimum atomic E-state index is -0.958. The Labute approximate surface area is 150 Å². The molecule has 1 heterocycles. The number of carboxylic acids is 1. The lowest BCUT2D eigenvalue weighted by molar-refractivity contribution is 0.0698. The first-order chi connectivity index (χ1) is 11.7. The summed E-state index contributed by atoms with van der Waals surface area (Å²) in [7, 11) is 0. The molecule has 0 aliphatic heterocycles. The predicted octanol–water partition coefficient (Wildman–Crippen LogP) is 5.25. The van der Waals surface area contributed by atoms with E-state index in [1.807, 2.05) is 54.6 Å². The normalized spacial score (nSPS) is 10.4. The summed E-state index contributed by atoms with van der Waals surface area (Å²) in [5.41, 5.74) is 3.40. The fraction of sp³-hybridized carbons (Fsp3) is 0. The van der Waals surface area contributed by atoms with Crippen molar-refractivity contribution >= 4 is 51.6 Å². The van der Waals surface area contributed by atoms with Crippen LogP contribution in [0.5, 0.6) is 0 Å². The highest BCUT2D eigenvalue weighted by molar-refractivity contribution is 6.09. The van der Waals surface area contributed by atoms with E-state index in [0.29, 0.717) is 5.69 Å². The van der Waals surface area contributed by atoms with Gasteiger partial charge < -0.3 is 10.4 Å². The molecule has 0 saturated heterocycles. The lowest BCUT2D eigenvalue weighted by atomic mass is 10.1. The van der Waals surface area contributed by atoms with Gasteiger partial charge in [-0.3, -0.25) is 0 Å². The van der Waals surface area contributed by atoms with Gasteiger partial charge in [-0.2, -0.15) is 0 Å². The number of aromatic carboxylic acids is 1. The van der Waals surface area contributed by atoms with Crippen LogP contribution < -0.4 is 5.32 Å². The molecule has 0 saturated carbocycles. The van der Waals surface area contributed by atoms with Crippen LogP contribution in [0.4, 0.5) is 11.4 Å². The molecule has 1 aromatic heterocycles. The standard InChI is InChI=1S/C20H14N2O2.ClH/c23-20(24)15-9-3-6-12-18(15)22-19-13-7-1-4-10-16(13)21-17-11-5-2-8-14(17)19;/h1-12H,(H,21,22)(H,23,24);1H. The zero-order chi connectivity index (χ0) is 16.5. The fourth-order valence-electron chi connectivity index (χ4n) is 2.89. The molecule has 5 heteroatoms. The first-order valence-corrected chi connectivity index (χ1v) is 7.61. The van der Waals surface area contributed by atoms with Crippen molar-refractivity contribution in [1.29, 1.82) is 0 Å². The van der Waals surface area contributed by atoms with Crippen LogP contribution in [0.3, 0.4) is 0 Å². The van der Waals surface area contributed by atoms with Gasteiger partial charge in [0.1, 0.15) is 0 Å². The number of aromatic nitrogens is 1. The predicted molar refractivity (Wildman–Crippen MR) is 103 cm³/mol. The van der Waals surface area contributed by atoms with E-state index in [1.165, 1.54) is 0 Å². The molecule has 2 N–H and O–H groups in total. The number of pyridine rings is 1. The molecule has 0 unspecified atom stereocenters. The second kappa shape index (κ2) is 6.79. The Bertz CT molecular complexity index is 1030. The third kappa shape index (κ3) is 2.99. The number of nitrogens with one attached hydrogen (secondary N) is 1. The summed E-state index contributed by atoms with van der Waals surface area (Å²) >= 11 is 0. The second-order valence-electron chi connectivity index (χ2n) is 5.50. The number of nitrogens with zero attached hydrogens (tertiary/aromatic N) is 1. The summed E-state index contributed by atoms with van der Waals surface area (Å²) in [6.07, 6.45) is 0. The average molecular weight is 351 g/mol. The van der Waals surface area contributed by atoms with Crippen LogP contribution in [-0.4, -0.2) is 16.1 Å².